The van der Waals surface area contributed by atoms with E-state index < -0.39 is 0 Å². The highest BCUT2D eigenvalue weighted by Gasteiger charge is 2.04. The minimum atomic E-state index is 0.0124. The number of amides is 1. The van der Waals surface area contributed by atoms with E-state index in [9.17, 15) is 4.79 Å². The van der Waals surface area contributed by atoms with E-state index in [1.165, 1.54) is 0 Å². The van der Waals surface area contributed by atoms with Gasteiger partial charge in [-0.15, -0.1) is 0 Å². The molecule has 0 radical (unpaired) electrons. The highest BCUT2D eigenvalue weighted by atomic mass is 35.5. The lowest BCUT2D eigenvalue weighted by atomic mass is 10.1. The van der Waals surface area contributed by atoms with E-state index in [1.807, 2.05) is 19.9 Å². The second kappa shape index (κ2) is 8.41. The van der Waals surface area contributed by atoms with E-state index in [1.54, 1.807) is 12.1 Å². The first-order valence-corrected chi connectivity index (χ1v) is 7.07. The number of rotatable bonds is 7. The minimum absolute atomic E-state index is 0.0124. The van der Waals surface area contributed by atoms with Crippen LogP contribution in [-0.2, 0) is 16.0 Å². The summed E-state index contributed by atoms with van der Waals surface area (Å²) in [6.07, 6.45) is 1.26. The van der Waals surface area contributed by atoms with E-state index in [4.69, 9.17) is 27.9 Å². The van der Waals surface area contributed by atoms with Gasteiger partial charge in [-0.3, -0.25) is 4.79 Å². The first-order chi connectivity index (χ1) is 8.99. The second-order valence-electron chi connectivity index (χ2n) is 4.52. The maximum absolute atomic E-state index is 11.6. The van der Waals surface area contributed by atoms with Gasteiger partial charge in [0.1, 0.15) is 0 Å². The quantitative estimate of drug-likeness (QED) is 0.783. The zero-order chi connectivity index (χ0) is 14.3. The van der Waals surface area contributed by atoms with Gasteiger partial charge >= 0.3 is 0 Å². The van der Waals surface area contributed by atoms with Crippen LogP contribution in [0.2, 0.25) is 10.0 Å². The molecule has 19 heavy (non-hydrogen) atoms. The van der Waals surface area contributed by atoms with Crippen LogP contribution in [0.25, 0.3) is 0 Å². The van der Waals surface area contributed by atoms with Crippen LogP contribution in [0.1, 0.15) is 25.8 Å². The maximum atomic E-state index is 11.6. The van der Waals surface area contributed by atoms with E-state index in [0.29, 0.717) is 36.0 Å². The lowest BCUT2D eigenvalue weighted by molar-refractivity contribution is -0.121. The number of hydrogen-bond acceptors (Lipinski definition) is 2. The van der Waals surface area contributed by atoms with Gasteiger partial charge in [0, 0.05) is 13.0 Å². The van der Waals surface area contributed by atoms with E-state index in [-0.39, 0.29) is 12.0 Å². The molecule has 0 saturated heterocycles. The number of halogens is 2. The molecule has 106 valence electrons. The molecule has 1 rings (SSSR count). The summed E-state index contributed by atoms with van der Waals surface area (Å²) in [5, 5.41) is 3.86. The monoisotopic (exact) mass is 303 g/mol. The molecule has 5 heteroatoms. The Labute approximate surface area is 124 Å². The summed E-state index contributed by atoms with van der Waals surface area (Å²) >= 11 is 11.7. The zero-order valence-electron chi connectivity index (χ0n) is 11.2. The largest absolute Gasteiger partial charge is 0.377 e. The van der Waals surface area contributed by atoms with Crippen molar-refractivity contribution in [3.8, 4) is 0 Å². The van der Waals surface area contributed by atoms with E-state index >= 15 is 0 Å². The van der Waals surface area contributed by atoms with Crippen molar-refractivity contribution in [1.82, 2.24) is 5.32 Å². The molecule has 0 unspecified atom stereocenters. The summed E-state index contributed by atoms with van der Waals surface area (Å²) in [4.78, 5) is 11.6. The van der Waals surface area contributed by atoms with Crippen LogP contribution in [-0.4, -0.2) is 25.2 Å². The van der Waals surface area contributed by atoms with E-state index in [0.717, 1.165) is 5.56 Å². The lowest BCUT2D eigenvalue weighted by Gasteiger charge is -2.08. The predicted octanol–water partition coefficient (Wildman–Crippen LogP) is 3.47. The Morgan fingerprint density at radius 1 is 1.32 bits per heavy atom. The molecule has 0 aliphatic carbocycles. The minimum Gasteiger partial charge on any atom is -0.377 e. The molecular weight excluding hydrogens is 285 g/mol. The predicted molar refractivity (Wildman–Crippen MR) is 78.9 cm³/mol. The molecule has 0 spiro atoms. The Kier molecular flexibility index (Phi) is 7.21. The highest BCUT2D eigenvalue weighted by Crippen LogP contribution is 2.23. The fraction of sp³-hybridized carbons (Fsp3) is 0.500. The Bertz CT molecular complexity index is 422. The van der Waals surface area contributed by atoms with Gasteiger partial charge in [-0.25, -0.2) is 0 Å². The Morgan fingerprint density at radius 2 is 2.05 bits per heavy atom. The van der Waals surface area contributed by atoms with Gasteiger partial charge in [-0.1, -0.05) is 29.3 Å². The number of carbonyl (C=O) groups excluding carboxylic acids is 1. The number of nitrogens with one attached hydrogen (secondary N) is 1. The van der Waals surface area contributed by atoms with Crippen LogP contribution < -0.4 is 5.32 Å². The summed E-state index contributed by atoms with van der Waals surface area (Å²) in [6, 6.07) is 5.41. The van der Waals surface area contributed by atoms with Gasteiger partial charge in [0.2, 0.25) is 5.91 Å². The van der Waals surface area contributed by atoms with Crippen LogP contribution in [0.4, 0.5) is 0 Å². The highest BCUT2D eigenvalue weighted by molar-refractivity contribution is 6.42. The first kappa shape index (κ1) is 16.3. The molecule has 0 aliphatic rings. The van der Waals surface area contributed by atoms with Gasteiger partial charge in [0.05, 0.1) is 22.8 Å². The van der Waals surface area contributed by atoms with Gasteiger partial charge in [-0.2, -0.15) is 0 Å². The maximum Gasteiger partial charge on any atom is 0.220 e. The van der Waals surface area contributed by atoms with Crippen molar-refractivity contribution in [2.75, 3.05) is 13.2 Å². The van der Waals surface area contributed by atoms with Gasteiger partial charge < -0.3 is 10.1 Å². The third-order valence-electron chi connectivity index (χ3n) is 2.50. The lowest BCUT2D eigenvalue weighted by Crippen LogP contribution is -2.28. The van der Waals surface area contributed by atoms with Crippen LogP contribution in [0.15, 0.2) is 18.2 Å². The molecule has 0 fully saturated rings. The molecule has 1 aromatic carbocycles. The molecule has 1 N–H and O–H groups in total. The zero-order valence-corrected chi connectivity index (χ0v) is 12.7. The van der Waals surface area contributed by atoms with Crippen molar-refractivity contribution in [3.63, 3.8) is 0 Å². The van der Waals surface area contributed by atoms with Gasteiger partial charge in [0.25, 0.3) is 0 Å². The average Bonchev–Trinajstić information content (AvgIpc) is 2.36. The van der Waals surface area contributed by atoms with Crippen molar-refractivity contribution in [3.05, 3.63) is 33.8 Å². The number of benzene rings is 1. The molecule has 0 aliphatic heterocycles. The molecule has 0 bridgehead atoms. The molecule has 1 amide bonds. The van der Waals surface area contributed by atoms with Crippen molar-refractivity contribution >= 4 is 29.1 Å². The van der Waals surface area contributed by atoms with Crippen LogP contribution in [0.3, 0.4) is 0 Å². The third kappa shape index (κ3) is 6.81. The molecule has 0 atom stereocenters. The summed E-state index contributed by atoms with van der Waals surface area (Å²) in [5.41, 5.74) is 1.00. The second-order valence-corrected chi connectivity index (χ2v) is 5.33. The smallest absolute Gasteiger partial charge is 0.220 e. The van der Waals surface area contributed by atoms with Crippen LogP contribution >= 0.6 is 23.2 Å². The van der Waals surface area contributed by atoms with Crippen molar-refractivity contribution in [1.29, 1.82) is 0 Å². The Hall–Kier alpha value is -0.770. The fourth-order valence-corrected chi connectivity index (χ4v) is 1.85. The first-order valence-electron chi connectivity index (χ1n) is 6.31. The van der Waals surface area contributed by atoms with E-state index in [2.05, 4.69) is 5.32 Å². The van der Waals surface area contributed by atoms with Crippen molar-refractivity contribution in [2.45, 2.75) is 32.8 Å². The van der Waals surface area contributed by atoms with Crippen LogP contribution in [0.5, 0.6) is 0 Å². The van der Waals surface area contributed by atoms with Gasteiger partial charge in [-0.05, 0) is 38.0 Å². The Balaban J connectivity index is 2.24. The van der Waals surface area contributed by atoms with Crippen molar-refractivity contribution in [2.24, 2.45) is 0 Å². The number of aryl methyl sites for hydroxylation is 1. The molecular formula is C14H19Cl2NO2. The summed E-state index contributed by atoms with van der Waals surface area (Å²) in [6.45, 7) is 5.01. The summed E-state index contributed by atoms with van der Waals surface area (Å²) in [5.74, 6) is 0.0124. The molecule has 1 aromatic rings. The fourth-order valence-electron chi connectivity index (χ4n) is 1.53. The topological polar surface area (TPSA) is 38.3 Å². The SMILES string of the molecule is CC(C)OCCNC(=O)CCc1ccc(Cl)c(Cl)c1. The third-order valence-corrected chi connectivity index (χ3v) is 3.24. The summed E-state index contributed by atoms with van der Waals surface area (Å²) < 4.78 is 5.34. The number of ether oxygens (including phenoxy) is 1. The molecule has 3 nitrogen and oxygen atoms in total. The number of carbonyl (C=O) groups is 1. The normalized spacial score (nSPS) is 10.8. The number of hydrogen-bond donors (Lipinski definition) is 1. The average molecular weight is 304 g/mol. The Morgan fingerprint density at radius 3 is 2.68 bits per heavy atom. The van der Waals surface area contributed by atoms with Crippen LogP contribution in [0, 0.1) is 0 Å². The summed E-state index contributed by atoms with van der Waals surface area (Å²) in [7, 11) is 0. The molecule has 0 aromatic heterocycles. The standard InChI is InChI=1S/C14H19Cl2NO2/c1-10(2)19-8-7-17-14(18)6-4-11-3-5-12(15)13(16)9-11/h3,5,9-10H,4,6-8H2,1-2H3,(H,17,18). The molecule has 0 saturated carbocycles. The van der Waals surface area contributed by atoms with Gasteiger partial charge in [0.15, 0.2) is 0 Å². The molecule has 0 heterocycles. The van der Waals surface area contributed by atoms with Crippen molar-refractivity contribution < 1.29 is 9.53 Å².